The van der Waals surface area contributed by atoms with Crippen LogP contribution in [0.4, 0.5) is 0 Å². The summed E-state index contributed by atoms with van der Waals surface area (Å²) in [7, 11) is 3.38. The first kappa shape index (κ1) is 13.5. The van der Waals surface area contributed by atoms with Crippen LogP contribution in [0.3, 0.4) is 0 Å². The van der Waals surface area contributed by atoms with E-state index in [0.717, 1.165) is 19.3 Å². The van der Waals surface area contributed by atoms with E-state index in [4.69, 9.17) is 9.47 Å². The predicted molar refractivity (Wildman–Crippen MR) is 62.3 cm³/mol. The lowest BCUT2D eigenvalue weighted by molar-refractivity contribution is -0.133. The molecule has 94 valence electrons. The van der Waals surface area contributed by atoms with Gasteiger partial charge in [0.25, 0.3) is 0 Å². The van der Waals surface area contributed by atoms with Crippen molar-refractivity contribution in [2.24, 2.45) is 0 Å². The van der Waals surface area contributed by atoms with Gasteiger partial charge in [0, 0.05) is 27.2 Å². The molecule has 0 aliphatic carbocycles. The third kappa shape index (κ3) is 3.46. The molecule has 0 aromatic heterocycles. The summed E-state index contributed by atoms with van der Waals surface area (Å²) < 4.78 is 10.5. The van der Waals surface area contributed by atoms with Crippen molar-refractivity contribution in [2.75, 3.05) is 27.4 Å². The van der Waals surface area contributed by atoms with Crippen molar-refractivity contribution >= 4 is 5.91 Å². The van der Waals surface area contributed by atoms with Crippen molar-refractivity contribution in [1.29, 1.82) is 0 Å². The smallest absolute Gasteiger partial charge is 0.222 e. The van der Waals surface area contributed by atoms with Gasteiger partial charge in [0.2, 0.25) is 5.91 Å². The molecule has 0 aromatic rings. The van der Waals surface area contributed by atoms with Crippen LogP contribution in [-0.4, -0.2) is 50.3 Å². The average Bonchev–Trinajstić information content (AvgIpc) is 2.70. The Bertz CT molecular complexity index is 220. The summed E-state index contributed by atoms with van der Waals surface area (Å²) in [5.41, 5.74) is 0. The normalized spacial score (nSPS) is 25.1. The van der Waals surface area contributed by atoms with E-state index >= 15 is 0 Å². The minimum absolute atomic E-state index is 0.172. The Labute approximate surface area is 97.9 Å². The summed E-state index contributed by atoms with van der Waals surface area (Å²) in [5, 5.41) is 0. The molecule has 2 atom stereocenters. The highest BCUT2D eigenvalue weighted by atomic mass is 16.5. The monoisotopic (exact) mass is 229 g/mol. The highest BCUT2D eigenvalue weighted by Crippen LogP contribution is 2.21. The van der Waals surface area contributed by atoms with Gasteiger partial charge in [-0.3, -0.25) is 4.79 Å². The highest BCUT2D eigenvalue weighted by Gasteiger charge is 2.34. The Kier molecular flexibility index (Phi) is 5.77. The van der Waals surface area contributed by atoms with E-state index < -0.39 is 0 Å². The van der Waals surface area contributed by atoms with Crippen LogP contribution in [0.2, 0.25) is 0 Å². The molecule has 0 unspecified atom stereocenters. The summed E-state index contributed by atoms with van der Waals surface area (Å²) in [5.74, 6) is 0.239. The van der Waals surface area contributed by atoms with Crippen molar-refractivity contribution in [2.45, 2.75) is 44.8 Å². The molecule has 4 heteroatoms. The molecular formula is C12H23NO3. The van der Waals surface area contributed by atoms with E-state index in [-0.39, 0.29) is 18.1 Å². The van der Waals surface area contributed by atoms with Crippen LogP contribution in [0.1, 0.15) is 32.6 Å². The second kappa shape index (κ2) is 6.86. The average molecular weight is 229 g/mol. The zero-order chi connectivity index (χ0) is 12.0. The number of carbonyl (C=O) groups is 1. The first-order chi connectivity index (χ1) is 7.72. The van der Waals surface area contributed by atoms with Gasteiger partial charge in [-0.15, -0.1) is 0 Å². The van der Waals surface area contributed by atoms with Gasteiger partial charge in [0.1, 0.15) is 0 Å². The van der Waals surface area contributed by atoms with Crippen LogP contribution in [0.5, 0.6) is 0 Å². The molecule has 1 amide bonds. The van der Waals surface area contributed by atoms with Crippen LogP contribution < -0.4 is 0 Å². The van der Waals surface area contributed by atoms with Gasteiger partial charge in [0.15, 0.2) is 0 Å². The molecule has 0 saturated carbocycles. The largest absolute Gasteiger partial charge is 0.383 e. The van der Waals surface area contributed by atoms with Gasteiger partial charge in [-0.25, -0.2) is 0 Å². The fraction of sp³-hybridized carbons (Fsp3) is 0.917. The quantitative estimate of drug-likeness (QED) is 0.692. The molecule has 0 spiro atoms. The molecular weight excluding hydrogens is 206 g/mol. The molecule has 1 aliphatic rings. The van der Waals surface area contributed by atoms with Crippen LogP contribution in [0, 0.1) is 0 Å². The van der Waals surface area contributed by atoms with Gasteiger partial charge >= 0.3 is 0 Å². The number of carbonyl (C=O) groups excluding carboxylic acids is 1. The summed E-state index contributed by atoms with van der Waals surface area (Å²) >= 11 is 0. The molecule has 0 bridgehead atoms. The molecule has 0 N–H and O–H groups in total. The number of ether oxygens (including phenoxy) is 2. The lowest BCUT2D eigenvalue weighted by Crippen LogP contribution is -2.38. The number of methoxy groups -OCH3 is 2. The molecule has 1 aliphatic heterocycles. The summed E-state index contributed by atoms with van der Waals surface area (Å²) in [6, 6.07) is 0.194. The van der Waals surface area contributed by atoms with E-state index in [1.165, 1.54) is 0 Å². The molecule has 1 heterocycles. The molecule has 1 rings (SSSR count). The number of hydrogen-bond acceptors (Lipinski definition) is 3. The van der Waals surface area contributed by atoms with Gasteiger partial charge in [-0.1, -0.05) is 13.3 Å². The number of likely N-dealkylation sites (tertiary alicyclic amines) is 1. The van der Waals surface area contributed by atoms with E-state index in [2.05, 4.69) is 6.92 Å². The van der Waals surface area contributed by atoms with Crippen molar-refractivity contribution in [1.82, 2.24) is 4.90 Å². The lowest BCUT2D eigenvalue weighted by Gasteiger charge is -2.23. The number of rotatable bonds is 6. The second-order valence-corrected chi connectivity index (χ2v) is 4.35. The maximum Gasteiger partial charge on any atom is 0.222 e. The van der Waals surface area contributed by atoms with Gasteiger partial charge in [-0.05, 0) is 12.8 Å². The minimum Gasteiger partial charge on any atom is -0.383 e. The molecule has 16 heavy (non-hydrogen) atoms. The Hall–Kier alpha value is -0.610. The maximum atomic E-state index is 12.0. The third-order valence-electron chi connectivity index (χ3n) is 3.13. The number of hydrogen-bond donors (Lipinski definition) is 0. The summed E-state index contributed by atoms with van der Waals surface area (Å²) in [6.45, 7) is 3.42. The van der Waals surface area contributed by atoms with Crippen molar-refractivity contribution < 1.29 is 14.3 Å². The van der Waals surface area contributed by atoms with Crippen molar-refractivity contribution in [3.8, 4) is 0 Å². The molecule has 4 nitrogen and oxygen atoms in total. The second-order valence-electron chi connectivity index (χ2n) is 4.35. The molecule has 1 saturated heterocycles. The van der Waals surface area contributed by atoms with Crippen LogP contribution in [0.15, 0.2) is 0 Å². The number of unbranched alkanes of at least 4 members (excludes halogenated alkanes) is 1. The summed E-state index contributed by atoms with van der Waals surface area (Å²) in [4.78, 5) is 13.9. The highest BCUT2D eigenvalue weighted by molar-refractivity contribution is 5.76. The van der Waals surface area contributed by atoms with Gasteiger partial charge in [-0.2, -0.15) is 0 Å². The van der Waals surface area contributed by atoms with Gasteiger partial charge < -0.3 is 14.4 Å². The Morgan fingerprint density at radius 2 is 2.19 bits per heavy atom. The number of amides is 1. The zero-order valence-electron chi connectivity index (χ0n) is 10.6. The third-order valence-corrected chi connectivity index (χ3v) is 3.13. The molecule has 1 fully saturated rings. The van der Waals surface area contributed by atoms with E-state index in [1.807, 2.05) is 4.90 Å². The van der Waals surface area contributed by atoms with E-state index in [9.17, 15) is 4.79 Å². The van der Waals surface area contributed by atoms with Crippen molar-refractivity contribution in [3.63, 3.8) is 0 Å². The standard InChI is InChI=1S/C12H23NO3/c1-4-5-6-12(14)13-8-11(16-3)7-10(13)9-15-2/h10-11H,4-9H2,1-3H3/t10-,11+/m1/s1. The Morgan fingerprint density at radius 3 is 2.75 bits per heavy atom. The fourth-order valence-corrected chi connectivity index (χ4v) is 2.17. The Balaban J connectivity index is 2.50. The fourth-order valence-electron chi connectivity index (χ4n) is 2.17. The minimum atomic E-state index is 0.172. The summed E-state index contributed by atoms with van der Waals surface area (Å²) in [6.07, 6.45) is 3.73. The first-order valence-electron chi connectivity index (χ1n) is 6.04. The number of nitrogens with zero attached hydrogens (tertiary/aromatic N) is 1. The van der Waals surface area contributed by atoms with Crippen molar-refractivity contribution in [3.05, 3.63) is 0 Å². The molecule has 0 radical (unpaired) electrons. The topological polar surface area (TPSA) is 38.8 Å². The van der Waals surface area contributed by atoms with Crippen LogP contribution >= 0.6 is 0 Å². The zero-order valence-corrected chi connectivity index (χ0v) is 10.6. The van der Waals surface area contributed by atoms with Crippen LogP contribution in [-0.2, 0) is 14.3 Å². The van der Waals surface area contributed by atoms with E-state index in [0.29, 0.717) is 19.6 Å². The predicted octanol–water partition coefficient (Wildman–Crippen LogP) is 1.44. The Morgan fingerprint density at radius 1 is 1.44 bits per heavy atom. The van der Waals surface area contributed by atoms with E-state index in [1.54, 1.807) is 14.2 Å². The first-order valence-corrected chi connectivity index (χ1v) is 6.04. The lowest BCUT2D eigenvalue weighted by atomic mass is 10.2. The van der Waals surface area contributed by atoms with Gasteiger partial charge in [0.05, 0.1) is 18.8 Å². The maximum absolute atomic E-state index is 12.0. The SMILES string of the molecule is CCCCC(=O)N1C[C@@H](OC)C[C@@H]1COC. The molecule has 0 aromatic carbocycles. The van der Waals surface area contributed by atoms with Crippen LogP contribution in [0.25, 0.3) is 0 Å².